The maximum atomic E-state index is 15.2. The fourth-order valence-corrected chi connectivity index (χ4v) is 3.58. The number of urea groups is 1. The molecule has 34 heavy (non-hydrogen) atoms. The number of halogens is 4. The van der Waals surface area contributed by atoms with Gasteiger partial charge in [0.25, 0.3) is 5.91 Å². The number of amides is 3. The maximum Gasteiger partial charge on any atom is 0.425 e. The molecule has 2 N–H and O–H groups in total. The number of anilines is 2. The molecule has 0 spiro atoms. The molecule has 1 saturated heterocycles. The highest BCUT2D eigenvalue weighted by molar-refractivity contribution is 6.07. The van der Waals surface area contributed by atoms with Gasteiger partial charge in [0, 0.05) is 17.8 Å². The van der Waals surface area contributed by atoms with E-state index in [-0.39, 0.29) is 11.7 Å². The van der Waals surface area contributed by atoms with E-state index < -0.39 is 47.5 Å². The zero-order chi connectivity index (χ0) is 25.4. The number of aryl methyl sites for hydroxylation is 1. The number of nitrogens with zero attached hydrogens (tertiary/aromatic N) is 2. The lowest BCUT2D eigenvalue weighted by Crippen LogP contribution is -2.39. The number of rotatable bonds is 6. The van der Waals surface area contributed by atoms with Crippen LogP contribution in [0.3, 0.4) is 0 Å². The van der Waals surface area contributed by atoms with Gasteiger partial charge >= 0.3 is 12.2 Å². The Kier molecular flexibility index (Phi) is 7.06. The lowest BCUT2D eigenvalue weighted by atomic mass is 10.1. The maximum absolute atomic E-state index is 15.2. The molecule has 2 aromatic rings. The normalized spacial score (nSPS) is 17.4. The fraction of sp³-hybridized carbons (Fsp3) is 0.391. The molecule has 0 saturated carbocycles. The fourth-order valence-electron chi connectivity index (χ4n) is 3.58. The zero-order valence-electron chi connectivity index (χ0n) is 19.3. The molecule has 1 fully saturated rings. The Morgan fingerprint density at radius 1 is 1.18 bits per heavy atom. The molecule has 0 bridgehead atoms. The van der Waals surface area contributed by atoms with Crippen LogP contribution in [0.5, 0.6) is 5.75 Å². The molecule has 7 nitrogen and oxygen atoms in total. The first-order chi connectivity index (χ1) is 15.8. The summed E-state index contributed by atoms with van der Waals surface area (Å²) < 4.78 is 59.9. The minimum Gasteiger partial charge on any atom is -0.480 e. The van der Waals surface area contributed by atoms with Gasteiger partial charge in [-0.2, -0.15) is 13.2 Å². The van der Waals surface area contributed by atoms with Crippen molar-refractivity contribution >= 4 is 23.3 Å². The molecule has 2 aromatic carbocycles. The largest absolute Gasteiger partial charge is 0.480 e. The van der Waals surface area contributed by atoms with Crippen molar-refractivity contribution in [3.8, 4) is 5.75 Å². The van der Waals surface area contributed by atoms with Crippen molar-refractivity contribution in [3.63, 3.8) is 0 Å². The summed E-state index contributed by atoms with van der Waals surface area (Å²) in [6.07, 6.45) is -7.51. The summed E-state index contributed by atoms with van der Waals surface area (Å²) in [5.41, 5.74) is 3.09. The second kappa shape index (κ2) is 9.49. The number of para-hydroxylation sites is 1. The topological polar surface area (TPSA) is 73.9 Å². The van der Waals surface area contributed by atoms with Gasteiger partial charge in [-0.25, -0.2) is 19.6 Å². The van der Waals surface area contributed by atoms with Gasteiger partial charge in [-0.3, -0.25) is 4.79 Å². The van der Waals surface area contributed by atoms with Gasteiger partial charge in [-0.1, -0.05) is 18.2 Å². The number of nitrogens with one attached hydrogen (secondary N) is 2. The quantitative estimate of drug-likeness (QED) is 0.554. The van der Waals surface area contributed by atoms with Crippen LogP contribution in [0, 0.1) is 12.7 Å². The smallest absolute Gasteiger partial charge is 0.425 e. The average molecular weight is 482 g/mol. The molecule has 1 unspecified atom stereocenters. The van der Waals surface area contributed by atoms with Crippen LogP contribution in [0.2, 0.25) is 0 Å². The zero-order valence-corrected chi connectivity index (χ0v) is 19.3. The minimum absolute atomic E-state index is 0.219. The number of hydrogen-bond donors (Lipinski definition) is 2. The molecular formula is C23H26F4N4O3. The molecule has 3 rings (SSSR count). The summed E-state index contributed by atoms with van der Waals surface area (Å²) in [6.45, 7) is 7.73. The molecular weight excluding hydrogens is 456 g/mol. The van der Waals surface area contributed by atoms with Crippen molar-refractivity contribution in [1.82, 2.24) is 10.3 Å². The van der Waals surface area contributed by atoms with E-state index in [0.717, 1.165) is 24.1 Å². The van der Waals surface area contributed by atoms with Crippen LogP contribution in [-0.4, -0.2) is 41.3 Å². The van der Waals surface area contributed by atoms with Gasteiger partial charge in [0.1, 0.15) is 17.3 Å². The Bertz CT molecular complexity index is 1090. The van der Waals surface area contributed by atoms with Crippen LogP contribution >= 0.6 is 0 Å². The first kappa shape index (κ1) is 25.3. The van der Waals surface area contributed by atoms with E-state index in [1.54, 1.807) is 52.0 Å². The Morgan fingerprint density at radius 3 is 2.38 bits per heavy atom. The van der Waals surface area contributed by atoms with Crippen LogP contribution in [0.1, 0.15) is 43.6 Å². The lowest BCUT2D eigenvalue weighted by molar-refractivity contribution is -0.189. The third-order valence-corrected chi connectivity index (χ3v) is 5.39. The molecule has 0 aromatic heterocycles. The van der Waals surface area contributed by atoms with Gasteiger partial charge in [-0.05, 0) is 52.3 Å². The third kappa shape index (κ3) is 5.09. The molecule has 11 heteroatoms. The van der Waals surface area contributed by atoms with Crippen LogP contribution in [0.4, 0.5) is 33.7 Å². The van der Waals surface area contributed by atoms with Gasteiger partial charge in [0.2, 0.25) is 0 Å². The van der Waals surface area contributed by atoms with E-state index in [0.29, 0.717) is 11.3 Å². The molecule has 1 heterocycles. The molecule has 3 amide bonds. The molecule has 0 radical (unpaired) electrons. The predicted molar refractivity (Wildman–Crippen MR) is 119 cm³/mol. The summed E-state index contributed by atoms with van der Waals surface area (Å²) in [6, 6.07) is 7.63. The third-order valence-electron chi connectivity index (χ3n) is 5.39. The van der Waals surface area contributed by atoms with Crippen molar-refractivity contribution in [2.24, 2.45) is 0 Å². The SMILES string of the molecule is Cc1ccccc1NC(=O)c1cc(F)c(N2NC(C)N(C(C)C)C2=O)cc1O[C@@H](C)C(F)(F)F. The van der Waals surface area contributed by atoms with Crippen LogP contribution in [-0.2, 0) is 0 Å². The average Bonchev–Trinajstić information content (AvgIpc) is 3.03. The van der Waals surface area contributed by atoms with E-state index >= 15 is 4.39 Å². The standard InChI is InChI=1S/C23H26F4N4O3/c1-12(2)30-15(5)29-31(22(30)33)19-11-20(34-14(4)23(25,26)27)16(10-17(19)24)21(32)28-18-9-7-6-8-13(18)3/h6-12,14-15,29H,1-5H3,(H,28,32)/t14-,15?/m0/s1. The summed E-state index contributed by atoms with van der Waals surface area (Å²) in [5, 5.41) is 3.46. The first-order valence-electron chi connectivity index (χ1n) is 10.6. The second-order valence-electron chi connectivity index (χ2n) is 8.29. The number of hydrogen-bond acceptors (Lipinski definition) is 4. The summed E-state index contributed by atoms with van der Waals surface area (Å²) in [5.74, 6) is -2.36. The minimum atomic E-state index is -4.73. The van der Waals surface area contributed by atoms with Crippen LogP contribution in [0.25, 0.3) is 0 Å². The Hall–Kier alpha value is -3.34. The number of benzene rings is 2. The molecule has 2 atom stereocenters. The van der Waals surface area contributed by atoms with Crippen molar-refractivity contribution in [2.75, 3.05) is 10.3 Å². The van der Waals surface area contributed by atoms with Gasteiger partial charge < -0.3 is 15.0 Å². The number of hydrazine groups is 1. The van der Waals surface area contributed by atoms with Crippen LogP contribution in [0.15, 0.2) is 36.4 Å². The van der Waals surface area contributed by atoms with Gasteiger partial charge in [-0.15, -0.1) is 0 Å². The van der Waals surface area contributed by atoms with E-state index in [1.807, 2.05) is 0 Å². The molecule has 1 aliphatic rings. The van der Waals surface area contributed by atoms with Crippen molar-refractivity contribution in [2.45, 2.75) is 59.1 Å². The number of carbonyl (C=O) groups excluding carboxylic acids is 2. The summed E-state index contributed by atoms with van der Waals surface area (Å²) in [7, 11) is 0. The highest BCUT2D eigenvalue weighted by Crippen LogP contribution is 2.34. The Morgan fingerprint density at radius 2 is 1.82 bits per heavy atom. The summed E-state index contributed by atoms with van der Waals surface area (Å²) in [4.78, 5) is 27.2. The van der Waals surface area contributed by atoms with E-state index in [1.165, 1.54) is 4.90 Å². The van der Waals surface area contributed by atoms with Gasteiger partial charge in [0.15, 0.2) is 6.10 Å². The van der Waals surface area contributed by atoms with Gasteiger partial charge in [0.05, 0.1) is 11.7 Å². The van der Waals surface area contributed by atoms with E-state index in [4.69, 9.17) is 4.74 Å². The van der Waals surface area contributed by atoms with E-state index in [2.05, 4.69) is 10.7 Å². The van der Waals surface area contributed by atoms with E-state index in [9.17, 15) is 22.8 Å². The first-order valence-corrected chi connectivity index (χ1v) is 10.6. The molecule has 1 aliphatic heterocycles. The molecule has 184 valence electrons. The second-order valence-corrected chi connectivity index (χ2v) is 8.29. The number of carbonyl (C=O) groups is 2. The van der Waals surface area contributed by atoms with Crippen molar-refractivity contribution in [3.05, 3.63) is 53.3 Å². The Labute approximate surface area is 194 Å². The Balaban J connectivity index is 2.04. The lowest BCUT2D eigenvalue weighted by Gasteiger charge is -2.24. The van der Waals surface area contributed by atoms with Crippen molar-refractivity contribution < 1.29 is 31.9 Å². The number of alkyl halides is 3. The number of ether oxygens (including phenoxy) is 1. The highest BCUT2D eigenvalue weighted by Gasteiger charge is 2.41. The van der Waals surface area contributed by atoms with Crippen molar-refractivity contribution in [1.29, 1.82) is 0 Å². The predicted octanol–water partition coefficient (Wildman–Crippen LogP) is 5.22. The molecule has 0 aliphatic carbocycles. The van der Waals surface area contributed by atoms with Crippen LogP contribution < -0.4 is 20.5 Å². The summed E-state index contributed by atoms with van der Waals surface area (Å²) >= 11 is 0. The monoisotopic (exact) mass is 482 g/mol. The highest BCUT2D eigenvalue weighted by atomic mass is 19.4.